The number of rotatable bonds is 4. The molecule has 3 unspecified atom stereocenters. The smallest absolute Gasteiger partial charge is 0.0918 e. The van der Waals surface area contributed by atoms with Gasteiger partial charge in [0.2, 0.25) is 0 Å². The van der Waals surface area contributed by atoms with Gasteiger partial charge in [-0.1, -0.05) is 19.8 Å². The van der Waals surface area contributed by atoms with Gasteiger partial charge in [0.15, 0.2) is 0 Å². The van der Waals surface area contributed by atoms with Crippen LogP contribution in [0, 0.1) is 5.92 Å². The van der Waals surface area contributed by atoms with Crippen LogP contribution in [0.4, 0.5) is 0 Å². The zero-order valence-electron chi connectivity index (χ0n) is 11.5. The van der Waals surface area contributed by atoms with E-state index in [0.29, 0.717) is 5.92 Å². The number of methoxy groups -OCH3 is 1. The summed E-state index contributed by atoms with van der Waals surface area (Å²) >= 11 is 0. The van der Waals surface area contributed by atoms with Crippen LogP contribution in [0.15, 0.2) is 12.3 Å². The highest BCUT2D eigenvalue weighted by Crippen LogP contribution is 2.42. The van der Waals surface area contributed by atoms with Gasteiger partial charge in [0, 0.05) is 20.4 Å². The summed E-state index contributed by atoms with van der Waals surface area (Å²) in [5, 5.41) is 4.23. The number of aromatic nitrogens is 2. The van der Waals surface area contributed by atoms with Gasteiger partial charge in [0.05, 0.1) is 17.3 Å². The Labute approximate surface area is 109 Å². The van der Waals surface area contributed by atoms with Crippen molar-refractivity contribution in [3.63, 3.8) is 0 Å². The Hall–Kier alpha value is -0.910. The van der Waals surface area contributed by atoms with Crippen LogP contribution in [0.2, 0.25) is 0 Å². The monoisotopic (exact) mass is 252 g/mol. The zero-order chi connectivity index (χ0) is 13.2. The molecule has 0 aliphatic heterocycles. The maximum Gasteiger partial charge on any atom is 0.0918 e. The van der Waals surface area contributed by atoms with E-state index >= 15 is 0 Å². The first kappa shape index (κ1) is 13.5. The molecule has 1 aliphatic rings. The van der Waals surface area contributed by atoms with Crippen molar-refractivity contribution in [1.82, 2.24) is 15.2 Å². The van der Waals surface area contributed by atoms with Gasteiger partial charge in [-0.25, -0.2) is 5.43 Å². The van der Waals surface area contributed by atoms with Crippen LogP contribution in [-0.2, 0) is 11.8 Å². The Morgan fingerprint density at radius 2 is 2.44 bits per heavy atom. The number of nitrogens with zero attached hydrogens (tertiary/aromatic N) is 2. The molecular weight excluding hydrogens is 228 g/mol. The Morgan fingerprint density at radius 3 is 2.94 bits per heavy atom. The molecule has 0 saturated heterocycles. The largest absolute Gasteiger partial charge is 0.376 e. The first-order valence-corrected chi connectivity index (χ1v) is 6.62. The van der Waals surface area contributed by atoms with Gasteiger partial charge in [-0.3, -0.25) is 10.5 Å². The molecule has 0 amide bonds. The molecule has 18 heavy (non-hydrogen) atoms. The van der Waals surface area contributed by atoms with Crippen LogP contribution in [0.1, 0.15) is 44.3 Å². The SMILES string of the molecule is COC1(C(NN)c2ccnn2C)CCCC(C)C1. The van der Waals surface area contributed by atoms with Gasteiger partial charge in [-0.2, -0.15) is 5.10 Å². The highest BCUT2D eigenvalue weighted by molar-refractivity contribution is 5.14. The Kier molecular flexibility index (Phi) is 4.04. The minimum Gasteiger partial charge on any atom is -0.376 e. The molecule has 2 rings (SSSR count). The molecular formula is C13H24N4O. The van der Waals surface area contributed by atoms with Crippen LogP contribution in [0.5, 0.6) is 0 Å². The molecule has 1 fully saturated rings. The van der Waals surface area contributed by atoms with Crippen molar-refractivity contribution in [1.29, 1.82) is 0 Å². The van der Waals surface area contributed by atoms with Gasteiger partial charge in [-0.05, 0) is 24.8 Å². The average Bonchev–Trinajstić information content (AvgIpc) is 2.77. The van der Waals surface area contributed by atoms with Crippen LogP contribution in [0.3, 0.4) is 0 Å². The second kappa shape index (κ2) is 5.38. The molecule has 3 atom stereocenters. The first-order chi connectivity index (χ1) is 8.63. The Balaban J connectivity index is 2.32. The third kappa shape index (κ3) is 2.30. The minimum atomic E-state index is -0.222. The van der Waals surface area contributed by atoms with Crippen molar-refractivity contribution in [2.24, 2.45) is 18.8 Å². The van der Waals surface area contributed by atoms with Crippen molar-refractivity contribution < 1.29 is 4.74 Å². The number of hydrogen-bond acceptors (Lipinski definition) is 4. The van der Waals surface area contributed by atoms with E-state index in [1.165, 1.54) is 12.8 Å². The van der Waals surface area contributed by atoms with E-state index in [9.17, 15) is 0 Å². The standard InChI is InChI=1S/C13H24N4O/c1-10-5-4-7-13(9-10,18-3)12(16-14)11-6-8-15-17(11)2/h6,8,10,12,16H,4-5,7,9,14H2,1-3H3. The van der Waals surface area contributed by atoms with E-state index in [2.05, 4.69) is 17.4 Å². The fraction of sp³-hybridized carbons (Fsp3) is 0.769. The molecule has 0 aromatic carbocycles. The lowest BCUT2D eigenvalue weighted by atomic mass is 9.74. The van der Waals surface area contributed by atoms with Crippen molar-refractivity contribution >= 4 is 0 Å². The van der Waals surface area contributed by atoms with Gasteiger partial charge >= 0.3 is 0 Å². The number of nitrogens with two attached hydrogens (primary N) is 1. The number of ether oxygens (including phenoxy) is 1. The zero-order valence-corrected chi connectivity index (χ0v) is 11.5. The molecule has 102 valence electrons. The molecule has 1 saturated carbocycles. The molecule has 0 radical (unpaired) electrons. The number of aryl methyl sites for hydroxylation is 1. The van der Waals surface area contributed by atoms with E-state index < -0.39 is 0 Å². The highest BCUT2D eigenvalue weighted by Gasteiger charge is 2.43. The number of hydrogen-bond donors (Lipinski definition) is 2. The normalized spacial score (nSPS) is 30.3. The predicted octanol–water partition coefficient (Wildman–Crippen LogP) is 1.52. The van der Waals surface area contributed by atoms with Crippen molar-refractivity contribution in [3.05, 3.63) is 18.0 Å². The molecule has 3 N–H and O–H groups in total. The molecule has 1 heterocycles. The third-order valence-electron chi connectivity index (χ3n) is 4.24. The van der Waals surface area contributed by atoms with Crippen LogP contribution in [-0.4, -0.2) is 22.5 Å². The maximum absolute atomic E-state index is 5.90. The van der Waals surface area contributed by atoms with Crippen molar-refractivity contribution in [2.75, 3.05) is 7.11 Å². The molecule has 1 aromatic rings. The van der Waals surface area contributed by atoms with E-state index in [0.717, 1.165) is 18.5 Å². The molecule has 1 aromatic heterocycles. The second-order valence-corrected chi connectivity index (χ2v) is 5.45. The summed E-state index contributed by atoms with van der Waals surface area (Å²) in [6.07, 6.45) is 6.32. The summed E-state index contributed by atoms with van der Waals surface area (Å²) in [6, 6.07) is 1.99. The van der Waals surface area contributed by atoms with Crippen molar-refractivity contribution in [2.45, 2.75) is 44.2 Å². The van der Waals surface area contributed by atoms with Gasteiger partial charge in [0.25, 0.3) is 0 Å². The summed E-state index contributed by atoms with van der Waals surface area (Å²) < 4.78 is 7.76. The van der Waals surface area contributed by atoms with Crippen LogP contribution < -0.4 is 11.3 Å². The summed E-state index contributed by atoms with van der Waals surface area (Å²) in [5.41, 5.74) is 3.80. The molecule has 5 heteroatoms. The van der Waals surface area contributed by atoms with Gasteiger partial charge in [-0.15, -0.1) is 0 Å². The fourth-order valence-corrected chi connectivity index (χ4v) is 3.28. The maximum atomic E-state index is 5.90. The van der Waals surface area contributed by atoms with E-state index in [1.807, 2.05) is 17.8 Å². The minimum absolute atomic E-state index is 0.0160. The molecule has 1 aliphatic carbocycles. The second-order valence-electron chi connectivity index (χ2n) is 5.45. The summed E-state index contributed by atoms with van der Waals surface area (Å²) in [5.74, 6) is 6.47. The molecule has 5 nitrogen and oxygen atoms in total. The van der Waals surface area contributed by atoms with Gasteiger partial charge in [0.1, 0.15) is 0 Å². The third-order valence-corrected chi connectivity index (χ3v) is 4.24. The van der Waals surface area contributed by atoms with Crippen LogP contribution >= 0.6 is 0 Å². The number of nitrogens with one attached hydrogen (secondary N) is 1. The molecule has 0 bridgehead atoms. The number of hydrazine groups is 1. The lowest BCUT2D eigenvalue weighted by Gasteiger charge is -2.44. The Morgan fingerprint density at radius 1 is 1.67 bits per heavy atom. The average molecular weight is 252 g/mol. The molecule has 0 spiro atoms. The quantitative estimate of drug-likeness (QED) is 0.630. The van der Waals surface area contributed by atoms with E-state index in [4.69, 9.17) is 10.6 Å². The van der Waals surface area contributed by atoms with E-state index in [1.54, 1.807) is 13.3 Å². The fourth-order valence-electron chi connectivity index (χ4n) is 3.28. The summed E-state index contributed by atoms with van der Waals surface area (Å²) in [6.45, 7) is 2.28. The van der Waals surface area contributed by atoms with Crippen LogP contribution in [0.25, 0.3) is 0 Å². The van der Waals surface area contributed by atoms with Gasteiger partial charge < -0.3 is 4.74 Å². The van der Waals surface area contributed by atoms with Crippen molar-refractivity contribution in [3.8, 4) is 0 Å². The summed E-state index contributed by atoms with van der Waals surface area (Å²) in [7, 11) is 3.73. The topological polar surface area (TPSA) is 65.1 Å². The lowest BCUT2D eigenvalue weighted by molar-refractivity contribution is -0.0822. The highest BCUT2D eigenvalue weighted by atomic mass is 16.5. The first-order valence-electron chi connectivity index (χ1n) is 6.62. The summed E-state index contributed by atoms with van der Waals surface area (Å²) in [4.78, 5) is 0. The lowest BCUT2D eigenvalue weighted by Crippen LogP contribution is -2.51. The van der Waals surface area contributed by atoms with E-state index in [-0.39, 0.29) is 11.6 Å². The Bertz CT molecular complexity index is 392. The predicted molar refractivity (Wildman–Crippen MR) is 70.6 cm³/mol.